The molecule has 1 saturated heterocycles. The number of aliphatic carboxylic acids is 2. The molecule has 0 aromatic carbocycles. The Morgan fingerprint density at radius 2 is 1.90 bits per heavy atom. The molecular formula is C10H13N3O7. The second-order valence-electron chi connectivity index (χ2n) is 4.17. The standard InChI is InChI=1S/C10H13N3O7/c1-12-4-7(15)13(10(12)20)3-6(14)11-5(9(18)19)2-8(16)17/h5H,2-4H2,1H3,(H,11,14)(H,16,17)(H,18,19). The minimum atomic E-state index is -1.62. The van der Waals surface area contributed by atoms with Gasteiger partial charge in [0.05, 0.1) is 6.42 Å². The highest BCUT2D eigenvalue weighted by Crippen LogP contribution is 2.07. The number of likely N-dealkylation sites (N-methyl/N-ethyl adjacent to an activating group) is 1. The van der Waals surface area contributed by atoms with Gasteiger partial charge in [0.25, 0.3) is 5.91 Å². The van der Waals surface area contributed by atoms with Crippen LogP contribution in [0.4, 0.5) is 4.79 Å². The number of urea groups is 1. The maximum Gasteiger partial charge on any atom is 0.327 e. The van der Waals surface area contributed by atoms with Crippen molar-refractivity contribution in [2.45, 2.75) is 12.5 Å². The molecule has 10 heteroatoms. The number of hydrogen-bond acceptors (Lipinski definition) is 5. The third-order valence-corrected chi connectivity index (χ3v) is 2.54. The predicted molar refractivity (Wildman–Crippen MR) is 61.6 cm³/mol. The van der Waals surface area contributed by atoms with Crippen molar-refractivity contribution in [3.63, 3.8) is 0 Å². The molecule has 20 heavy (non-hydrogen) atoms. The second-order valence-corrected chi connectivity index (χ2v) is 4.17. The van der Waals surface area contributed by atoms with Crippen LogP contribution in [0, 0.1) is 0 Å². The SMILES string of the molecule is CN1CC(=O)N(CC(=O)NC(CC(=O)O)C(=O)O)C1=O. The Kier molecular flexibility index (Phi) is 4.62. The lowest BCUT2D eigenvalue weighted by molar-refractivity contribution is -0.147. The molecule has 0 aliphatic carbocycles. The molecule has 1 fully saturated rings. The van der Waals surface area contributed by atoms with Crippen LogP contribution >= 0.6 is 0 Å². The molecule has 0 aromatic heterocycles. The summed E-state index contributed by atoms with van der Waals surface area (Å²) in [5.74, 6) is -4.42. The molecule has 0 saturated carbocycles. The molecule has 1 rings (SSSR count). The smallest absolute Gasteiger partial charge is 0.327 e. The minimum absolute atomic E-state index is 0.163. The molecule has 0 bridgehead atoms. The topological polar surface area (TPSA) is 144 Å². The van der Waals surface area contributed by atoms with Crippen molar-refractivity contribution in [2.75, 3.05) is 20.1 Å². The van der Waals surface area contributed by atoms with Crippen LogP contribution in [0.5, 0.6) is 0 Å². The van der Waals surface area contributed by atoms with E-state index in [2.05, 4.69) is 0 Å². The Morgan fingerprint density at radius 3 is 2.30 bits per heavy atom. The number of carboxylic acid groups (broad SMARTS) is 2. The van der Waals surface area contributed by atoms with Gasteiger partial charge in [0.15, 0.2) is 0 Å². The zero-order valence-electron chi connectivity index (χ0n) is 10.5. The fraction of sp³-hybridized carbons (Fsp3) is 0.500. The summed E-state index contributed by atoms with van der Waals surface area (Å²) in [6.45, 7) is -0.811. The average Bonchev–Trinajstić information content (AvgIpc) is 2.54. The number of rotatable bonds is 6. The first-order valence-corrected chi connectivity index (χ1v) is 5.51. The van der Waals surface area contributed by atoms with Gasteiger partial charge in [-0.3, -0.25) is 19.3 Å². The molecule has 0 radical (unpaired) electrons. The molecule has 110 valence electrons. The van der Waals surface area contributed by atoms with Crippen LogP contribution in [0.15, 0.2) is 0 Å². The first-order chi connectivity index (χ1) is 9.22. The zero-order chi connectivity index (χ0) is 15.4. The van der Waals surface area contributed by atoms with Crippen molar-refractivity contribution in [3.05, 3.63) is 0 Å². The van der Waals surface area contributed by atoms with Gasteiger partial charge < -0.3 is 20.4 Å². The van der Waals surface area contributed by atoms with Crippen LogP contribution in [0.3, 0.4) is 0 Å². The highest BCUT2D eigenvalue weighted by Gasteiger charge is 2.35. The molecule has 4 amide bonds. The summed E-state index contributed by atoms with van der Waals surface area (Å²) >= 11 is 0. The summed E-state index contributed by atoms with van der Waals surface area (Å²) in [4.78, 5) is 57.4. The van der Waals surface area contributed by atoms with Crippen molar-refractivity contribution >= 4 is 29.8 Å². The lowest BCUT2D eigenvalue weighted by Gasteiger charge is -2.16. The lowest BCUT2D eigenvalue weighted by Crippen LogP contribution is -2.47. The largest absolute Gasteiger partial charge is 0.481 e. The van der Waals surface area contributed by atoms with Crippen LogP contribution < -0.4 is 5.32 Å². The highest BCUT2D eigenvalue weighted by atomic mass is 16.4. The number of nitrogens with one attached hydrogen (secondary N) is 1. The van der Waals surface area contributed by atoms with Crippen molar-refractivity contribution in [1.82, 2.24) is 15.1 Å². The molecule has 0 aromatic rings. The normalized spacial score (nSPS) is 16.2. The Morgan fingerprint density at radius 1 is 1.30 bits per heavy atom. The maximum absolute atomic E-state index is 11.6. The predicted octanol–water partition coefficient (Wildman–Crippen LogP) is -2.08. The van der Waals surface area contributed by atoms with Gasteiger partial charge in [-0.2, -0.15) is 0 Å². The van der Waals surface area contributed by atoms with E-state index in [4.69, 9.17) is 10.2 Å². The van der Waals surface area contributed by atoms with Gasteiger partial charge in [0.2, 0.25) is 5.91 Å². The molecule has 1 aliphatic rings. The summed E-state index contributed by atoms with van der Waals surface area (Å²) in [5, 5.41) is 19.2. The Hall–Kier alpha value is -2.65. The molecule has 0 spiro atoms. The molecular weight excluding hydrogens is 274 g/mol. The quantitative estimate of drug-likeness (QED) is 0.475. The molecule has 3 N–H and O–H groups in total. The van der Waals surface area contributed by atoms with Gasteiger partial charge in [-0.25, -0.2) is 9.59 Å². The Labute approximate surface area is 112 Å². The molecule has 1 unspecified atom stereocenters. The fourth-order valence-corrected chi connectivity index (χ4v) is 1.58. The van der Waals surface area contributed by atoms with E-state index < -0.39 is 48.8 Å². The van der Waals surface area contributed by atoms with Gasteiger partial charge in [-0.15, -0.1) is 0 Å². The third kappa shape index (κ3) is 3.67. The second kappa shape index (κ2) is 5.99. The summed E-state index contributed by atoms with van der Waals surface area (Å²) in [7, 11) is 1.38. The Balaban J connectivity index is 2.62. The van der Waals surface area contributed by atoms with Crippen LogP contribution in [0.1, 0.15) is 6.42 Å². The van der Waals surface area contributed by atoms with Crippen molar-refractivity contribution in [1.29, 1.82) is 0 Å². The first kappa shape index (κ1) is 15.4. The van der Waals surface area contributed by atoms with Crippen molar-refractivity contribution in [3.8, 4) is 0 Å². The number of imide groups is 1. The number of nitrogens with zero attached hydrogens (tertiary/aromatic N) is 2. The highest BCUT2D eigenvalue weighted by molar-refractivity contribution is 6.04. The van der Waals surface area contributed by atoms with Crippen molar-refractivity contribution in [2.24, 2.45) is 0 Å². The number of carbonyl (C=O) groups is 5. The fourth-order valence-electron chi connectivity index (χ4n) is 1.58. The molecule has 1 heterocycles. The van der Waals surface area contributed by atoms with E-state index in [0.717, 1.165) is 4.90 Å². The molecule has 10 nitrogen and oxygen atoms in total. The number of hydrogen-bond donors (Lipinski definition) is 3. The van der Waals surface area contributed by atoms with Crippen LogP contribution in [-0.2, 0) is 19.2 Å². The van der Waals surface area contributed by atoms with E-state index in [-0.39, 0.29) is 6.54 Å². The summed E-state index contributed by atoms with van der Waals surface area (Å²) in [5.41, 5.74) is 0. The molecule has 1 atom stereocenters. The van der Waals surface area contributed by atoms with E-state index in [9.17, 15) is 24.0 Å². The third-order valence-electron chi connectivity index (χ3n) is 2.54. The van der Waals surface area contributed by atoms with Gasteiger partial charge in [0.1, 0.15) is 19.1 Å². The van der Waals surface area contributed by atoms with Gasteiger partial charge in [-0.05, 0) is 0 Å². The number of amides is 4. The van der Waals surface area contributed by atoms with Crippen LogP contribution in [0.2, 0.25) is 0 Å². The van der Waals surface area contributed by atoms with Gasteiger partial charge in [0, 0.05) is 7.05 Å². The van der Waals surface area contributed by atoms with E-state index in [0.29, 0.717) is 4.90 Å². The first-order valence-electron chi connectivity index (χ1n) is 5.51. The maximum atomic E-state index is 11.6. The average molecular weight is 287 g/mol. The van der Waals surface area contributed by atoms with Gasteiger partial charge in [-0.1, -0.05) is 0 Å². The van der Waals surface area contributed by atoms with Crippen molar-refractivity contribution < 1.29 is 34.2 Å². The van der Waals surface area contributed by atoms with Crippen LogP contribution in [-0.4, -0.2) is 76.0 Å². The molecule has 1 aliphatic heterocycles. The van der Waals surface area contributed by atoms with E-state index in [1.54, 1.807) is 0 Å². The van der Waals surface area contributed by atoms with Crippen LogP contribution in [0.25, 0.3) is 0 Å². The summed E-state index contributed by atoms with van der Waals surface area (Å²) < 4.78 is 0. The zero-order valence-corrected chi connectivity index (χ0v) is 10.5. The van der Waals surface area contributed by atoms with E-state index in [1.807, 2.05) is 5.32 Å². The summed E-state index contributed by atoms with van der Waals surface area (Å²) in [6.07, 6.45) is -0.803. The Bertz CT molecular complexity index is 475. The van der Waals surface area contributed by atoms with Gasteiger partial charge >= 0.3 is 18.0 Å². The monoisotopic (exact) mass is 287 g/mol. The minimum Gasteiger partial charge on any atom is -0.481 e. The number of carbonyl (C=O) groups excluding carboxylic acids is 3. The lowest BCUT2D eigenvalue weighted by atomic mass is 10.2. The number of carboxylic acids is 2. The van der Waals surface area contributed by atoms with E-state index >= 15 is 0 Å². The summed E-state index contributed by atoms with van der Waals surface area (Å²) in [6, 6.07) is -2.29. The van der Waals surface area contributed by atoms with E-state index in [1.165, 1.54) is 7.05 Å².